The number of hydrogen-bond acceptors (Lipinski definition) is 3. The number of hydrogen-bond donors (Lipinski definition) is 0. The van der Waals surface area contributed by atoms with Crippen molar-refractivity contribution < 1.29 is 49.3 Å². The van der Waals surface area contributed by atoms with Crippen LogP contribution in [-0.2, 0) is 9.47 Å². The molecule has 1 fully saturated rings. The Hall–Kier alpha value is -2.30. The van der Waals surface area contributed by atoms with Gasteiger partial charge in [0, 0.05) is 37.7 Å². The highest BCUT2D eigenvalue weighted by Crippen LogP contribution is 2.46. The van der Waals surface area contributed by atoms with Crippen molar-refractivity contribution in [3.05, 3.63) is 52.8 Å². The Labute approximate surface area is 216 Å². The molecule has 3 rings (SSSR count). The molecule has 2 aliphatic rings. The van der Waals surface area contributed by atoms with Crippen molar-refractivity contribution in [2.75, 3.05) is 19.8 Å². The first kappa shape index (κ1) is 30.2. The largest absolute Gasteiger partial charge is 0.491 e. The Morgan fingerprint density at radius 2 is 1.37 bits per heavy atom. The van der Waals surface area contributed by atoms with E-state index in [1.54, 1.807) is 6.92 Å². The lowest BCUT2D eigenvalue weighted by molar-refractivity contribution is -0.124. The molecule has 11 heteroatoms. The molecule has 0 heterocycles. The van der Waals surface area contributed by atoms with Gasteiger partial charge < -0.3 is 14.2 Å². The second-order valence-electron chi connectivity index (χ2n) is 9.69. The number of ether oxygens (including phenoxy) is 3. The molecule has 214 valence electrons. The maximum absolute atomic E-state index is 14.7. The first-order chi connectivity index (χ1) is 17.9. The lowest BCUT2D eigenvalue weighted by Gasteiger charge is -2.36. The Kier molecular flexibility index (Phi) is 10.1. The summed E-state index contributed by atoms with van der Waals surface area (Å²) < 4.78 is 130. The molecule has 1 aromatic rings. The zero-order chi connectivity index (χ0) is 28.1. The number of benzene rings is 1. The van der Waals surface area contributed by atoms with E-state index in [1.807, 2.05) is 0 Å². The van der Waals surface area contributed by atoms with E-state index in [2.05, 4.69) is 0 Å². The summed E-state index contributed by atoms with van der Waals surface area (Å²) in [6.45, 7) is 2.03. The van der Waals surface area contributed by atoms with Gasteiger partial charge >= 0.3 is 0 Å². The molecule has 1 saturated carbocycles. The third kappa shape index (κ3) is 7.21. The number of allylic oxidation sites excluding steroid dienone is 1. The van der Waals surface area contributed by atoms with E-state index >= 15 is 0 Å². The van der Waals surface area contributed by atoms with Gasteiger partial charge in [-0.1, -0.05) is 6.07 Å². The van der Waals surface area contributed by atoms with E-state index in [0.29, 0.717) is 0 Å². The molecule has 38 heavy (non-hydrogen) atoms. The van der Waals surface area contributed by atoms with Crippen molar-refractivity contribution >= 4 is 0 Å². The van der Waals surface area contributed by atoms with Gasteiger partial charge in [-0.15, -0.1) is 0 Å². The number of alkyl halides is 4. The van der Waals surface area contributed by atoms with Gasteiger partial charge in [-0.3, -0.25) is 0 Å². The average molecular weight is 557 g/mol. The average Bonchev–Trinajstić information content (AvgIpc) is 2.88. The Morgan fingerprint density at radius 3 is 1.92 bits per heavy atom. The molecule has 0 N–H and O–H groups in total. The van der Waals surface area contributed by atoms with E-state index in [4.69, 9.17) is 14.2 Å². The lowest BCUT2D eigenvalue weighted by Crippen LogP contribution is -2.38. The predicted octanol–water partition coefficient (Wildman–Crippen LogP) is 8.37. The SMILES string of the molecule is CCOC1CC=C(OCCC(F)(F)C2CCC(C(F)(F)CCOc3ccc(C)c(F)c3F)CC2)C(F)=C1F. The molecule has 2 aliphatic carbocycles. The van der Waals surface area contributed by atoms with Gasteiger partial charge in [-0.05, 0) is 57.2 Å². The first-order valence-electron chi connectivity index (χ1n) is 12.7. The van der Waals surface area contributed by atoms with Gasteiger partial charge in [0.05, 0.1) is 13.2 Å². The molecular weight excluding hydrogens is 524 g/mol. The minimum absolute atomic E-state index is 0.0128. The third-order valence-electron chi connectivity index (χ3n) is 7.14. The second kappa shape index (κ2) is 12.7. The molecule has 0 radical (unpaired) electrons. The summed E-state index contributed by atoms with van der Waals surface area (Å²) in [4.78, 5) is 0. The molecule has 0 bridgehead atoms. The molecule has 0 spiro atoms. The van der Waals surface area contributed by atoms with Gasteiger partial charge in [-0.25, -0.2) is 26.3 Å². The van der Waals surface area contributed by atoms with Crippen molar-refractivity contribution in [2.24, 2.45) is 11.8 Å². The van der Waals surface area contributed by atoms with Crippen LogP contribution in [0.2, 0.25) is 0 Å². The molecule has 3 nitrogen and oxygen atoms in total. The monoisotopic (exact) mass is 556 g/mol. The quantitative estimate of drug-likeness (QED) is 0.242. The molecule has 1 aromatic carbocycles. The number of rotatable bonds is 12. The Balaban J connectivity index is 1.44. The van der Waals surface area contributed by atoms with E-state index in [-0.39, 0.29) is 44.3 Å². The summed E-state index contributed by atoms with van der Waals surface area (Å²) in [5, 5.41) is 0. The summed E-state index contributed by atoms with van der Waals surface area (Å²) in [7, 11) is 0. The molecule has 0 aliphatic heterocycles. The fraction of sp³-hybridized carbons (Fsp3) is 0.630. The molecule has 1 atom stereocenters. The van der Waals surface area contributed by atoms with Crippen LogP contribution in [0.25, 0.3) is 0 Å². The van der Waals surface area contributed by atoms with Crippen molar-refractivity contribution in [3.8, 4) is 5.75 Å². The normalized spacial score (nSPS) is 22.9. The standard InChI is InChI=1S/C27H32F8O3/c1-3-36-19-10-11-21(25(31)24(19)30)38-15-13-27(34,35)18-7-5-17(6-8-18)26(32,33)12-14-37-20-9-4-16(2)22(28)23(20)29/h4,9,11,17-19H,3,5-8,10,12-15H2,1-2H3. The highest BCUT2D eigenvalue weighted by molar-refractivity contribution is 5.30. The Bertz CT molecular complexity index is 1020. The van der Waals surface area contributed by atoms with Crippen LogP contribution in [0, 0.1) is 30.4 Å². The molecule has 0 aromatic heterocycles. The maximum atomic E-state index is 14.7. The van der Waals surface area contributed by atoms with Gasteiger partial charge in [0.1, 0.15) is 6.10 Å². The molecular formula is C27H32F8O3. The van der Waals surface area contributed by atoms with E-state index in [0.717, 1.165) is 6.07 Å². The smallest absolute Gasteiger partial charge is 0.254 e. The number of aryl methyl sites for hydroxylation is 1. The number of halogens is 8. The van der Waals surface area contributed by atoms with Crippen LogP contribution in [0.4, 0.5) is 35.1 Å². The summed E-state index contributed by atoms with van der Waals surface area (Å²) >= 11 is 0. The summed E-state index contributed by atoms with van der Waals surface area (Å²) in [6.07, 6.45) is -1.93. The topological polar surface area (TPSA) is 27.7 Å². The summed E-state index contributed by atoms with van der Waals surface area (Å²) in [5.41, 5.74) is 0.0555. The van der Waals surface area contributed by atoms with E-state index in [9.17, 15) is 35.1 Å². The van der Waals surface area contributed by atoms with Crippen LogP contribution >= 0.6 is 0 Å². The Morgan fingerprint density at radius 1 is 0.816 bits per heavy atom. The van der Waals surface area contributed by atoms with Crippen LogP contribution in [-0.4, -0.2) is 37.8 Å². The van der Waals surface area contributed by atoms with Crippen LogP contribution in [0.3, 0.4) is 0 Å². The van der Waals surface area contributed by atoms with Crippen molar-refractivity contribution in [3.63, 3.8) is 0 Å². The zero-order valence-electron chi connectivity index (χ0n) is 21.3. The minimum atomic E-state index is -3.24. The zero-order valence-corrected chi connectivity index (χ0v) is 21.3. The van der Waals surface area contributed by atoms with E-state index in [1.165, 1.54) is 19.1 Å². The second-order valence-corrected chi connectivity index (χ2v) is 9.69. The molecule has 0 saturated heterocycles. The van der Waals surface area contributed by atoms with Gasteiger partial charge in [0.2, 0.25) is 5.82 Å². The predicted molar refractivity (Wildman–Crippen MR) is 124 cm³/mol. The van der Waals surface area contributed by atoms with Crippen LogP contribution < -0.4 is 4.74 Å². The molecule has 1 unspecified atom stereocenters. The fourth-order valence-corrected chi connectivity index (χ4v) is 4.81. The van der Waals surface area contributed by atoms with Crippen molar-refractivity contribution in [2.45, 2.75) is 76.7 Å². The first-order valence-corrected chi connectivity index (χ1v) is 12.7. The van der Waals surface area contributed by atoms with E-state index < -0.39 is 90.6 Å². The summed E-state index contributed by atoms with van der Waals surface area (Å²) in [5.74, 6) is -14.5. The minimum Gasteiger partial charge on any atom is -0.491 e. The lowest BCUT2D eigenvalue weighted by atomic mass is 9.75. The molecule has 0 amide bonds. The van der Waals surface area contributed by atoms with Crippen LogP contribution in [0.15, 0.2) is 35.6 Å². The van der Waals surface area contributed by atoms with Gasteiger partial charge in [0.25, 0.3) is 11.8 Å². The van der Waals surface area contributed by atoms with Crippen LogP contribution in [0.1, 0.15) is 57.4 Å². The van der Waals surface area contributed by atoms with Gasteiger partial charge in [-0.2, -0.15) is 8.78 Å². The van der Waals surface area contributed by atoms with Gasteiger partial charge in [0.15, 0.2) is 29.0 Å². The van der Waals surface area contributed by atoms with Crippen LogP contribution in [0.5, 0.6) is 5.75 Å². The summed E-state index contributed by atoms with van der Waals surface area (Å²) in [6, 6.07) is 2.43. The fourth-order valence-electron chi connectivity index (χ4n) is 4.81. The highest BCUT2D eigenvalue weighted by Gasteiger charge is 2.47. The van der Waals surface area contributed by atoms with Crippen molar-refractivity contribution in [1.29, 1.82) is 0 Å². The third-order valence-corrected chi connectivity index (χ3v) is 7.14. The van der Waals surface area contributed by atoms with Crippen molar-refractivity contribution in [1.82, 2.24) is 0 Å². The highest BCUT2D eigenvalue weighted by atomic mass is 19.3. The maximum Gasteiger partial charge on any atom is 0.254 e.